The quantitative estimate of drug-likeness (QED) is 0.851. The highest BCUT2D eigenvalue weighted by Crippen LogP contribution is 2.27. The number of hydrogen-bond donors (Lipinski definition) is 0. The van der Waals surface area contributed by atoms with Crippen LogP contribution in [0.4, 0.5) is 5.82 Å². The van der Waals surface area contributed by atoms with Crippen molar-refractivity contribution in [3.8, 4) is 0 Å². The number of aryl methyl sites for hydroxylation is 2. The maximum atomic E-state index is 5.82. The summed E-state index contributed by atoms with van der Waals surface area (Å²) in [5.74, 6) is 2.06. The van der Waals surface area contributed by atoms with Crippen LogP contribution in [0.2, 0.25) is 0 Å². The maximum Gasteiger partial charge on any atom is 0.135 e. The summed E-state index contributed by atoms with van der Waals surface area (Å²) in [4.78, 5) is 14.2. The Hall–Kier alpha value is -1.20. The van der Waals surface area contributed by atoms with Crippen molar-refractivity contribution in [2.45, 2.75) is 58.7 Å². The normalized spacial score (nSPS) is 25.2. The zero-order chi connectivity index (χ0) is 16.4. The molecule has 5 nitrogen and oxygen atoms in total. The molecule has 0 unspecified atom stereocenters. The molecule has 3 rings (SSSR count). The topological polar surface area (TPSA) is 41.5 Å². The molecule has 1 aromatic heterocycles. The summed E-state index contributed by atoms with van der Waals surface area (Å²) in [6.07, 6.45) is 5.42. The van der Waals surface area contributed by atoms with Crippen molar-refractivity contribution in [1.82, 2.24) is 14.9 Å². The molecule has 1 fully saturated rings. The van der Waals surface area contributed by atoms with Gasteiger partial charge in [0.05, 0.1) is 12.2 Å². The average Bonchev–Trinajstić information content (AvgIpc) is 2.51. The number of rotatable bonds is 4. The van der Waals surface area contributed by atoms with Crippen LogP contribution in [0.5, 0.6) is 0 Å². The lowest BCUT2D eigenvalue weighted by atomic mass is 9.96. The molecule has 1 aliphatic carbocycles. The van der Waals surface area contributed by atoms with E-state index >= 15 is 0 Å². The minimum absolute atomic E-state index is 0.332. The van der Waals surface area contributed by atoms with Crippen molar-refractivity contribution < 1.29 is 4.74 Å². The second-order valence-electron chi connectivity index (χ2n) is 7.17. The third-order valence-electron chi connectivity index (χ3n) is 4.88. The molecule has 0 bridgehead atoms. The Bertz CT molecular complexity index is 538. The molecule has 0 amide bonds. The standard InChI is InChI=1S/C18H30N4O/c1-13-11-22(12-14(2)23-13)10-9-21(4)18-16-7-5-6-8-17(16)19-15(3)20-18/h13-14H,5-12H2,1-4H3/t13-,14+. The smallest absolute Gasteiger partial charge is 0.135 e. The Morgan fingerprint density at radius 3 is 2.57 bits per heavy atom. The Morgan fingerprint density at radius 2 is 1.83 bits per heavy atom. The number of morpholine rings is 1. The van der Waals surface area contributed by atoms with Gasteiger partial charge in [-0.3, -0.25) is 4.90 Å². The third kappa shape index (κ3) is 4.01. The summed E-state index contributed by atoms with van der Waals surface area (Å²) in [6, 6.07) is 0. The molecule has 0 spiro atoms. The van der Waals surface area contributed by atoms with Gasteiger partial charge in [-0.25, -0.2) is 9.97 Å². The van der Waals surface area contributed by atoms with E-state index in [1.165, 1.54) is 24.1 Å². The predicted molar refractivity (Wildman–Crippen MR) is 93.1 cm³/mol. The molecule has 2 atom stereocenters. The summed E-state index contributed by atoms with van der Waals surface area (Å²) < 4.78 is 5.82. The van der Waals surface area contributed by atoms with Crippen LogP contribution >= 0.6 is 0 Å². The van der Waals surface area contributed by atoms with Gasteiger partial charge in [-0.1, -0.05) is 0 Å². The van der Waals surface area contributed by atoms with Gasteiger partial charge in [-0.2, -0.15) is 0 Å². The molecule has 0 N–H and O–H groups in total. The molecule has 2 heterocycles. The van der Waals surface area contributed by atoms with E-state index in [-0.39, 0.29) is 0 Å². The second-order valence-corrected chi connectivity index (χ2v) is 7.17. The number of likely N-dealkylation sites (N-methyl/N-ethyl adjacent to an activating group) is 1. The van der Waals surface area contributed by atoms with E-state index in [1.54, 1.807) is 0 Å². The van der Waals surface area contributed by atoms with Gasteiger partial charge in [0.1, 0.15) is 11.6 Å². The van der Waals surface area contributed by atoms with E-state index in [0.717, 1.165) is 50.7 Å². The average molecular weight is 318 g/mol. The van der Waals surface area contributed by atoms with Crippen molar-refractivity contribution in [1.29, 1.82) is 0 Å². The summed E-state index contributed by atoms with van der Waals surface area (Å²) in [5.41, 5.74) is 2.66. The molecule has 1 saturated heterocycles. The Balaban J connectivity index is 1.66. The van der Waals surface area contributed by atoms with E-state index < -0.39 is 0 Å². The highest BCUT2D eigenvalue weighted by atomic mass is 16.5. The van der Waals surface area contributed by atoms with Crippen molar-refractivity contribution in [3.05, 3.63) is 17.1 Å². The summed E-state index contributed by atoms with van der Waals surface area (Å²) in [6.45, 7) is 10.5. The molecule has 0 radical (unpaired) electrons. The van der Waals surface area contributed by atoms with Crippen LogP contribution in [0.3, 0.4) is 0 Å². The Kier molecular flexibility index (Phi) is 5.17. The molecule has 1 aromatic rings. The number of aromatic nitrogens is 2. The summed E-state index contributed by atoms with van der Waals surface area (Å²) in [5, 5.41) is 0. The first-order valence-corrected chi connectivity index (χ1v) is 8.98. The van der Waals surface area contributed by atoms with Gasteiger partial charge in [0.15, 0.2) is 0 Å². The Labute approximate surface area is 140 Å². The fraction of sp³-hybridized carbons (Fsp3) is 0.778. The molecule has 0 aromatic carbocycles. The Morgan fingerprint density at radius 1 is 1.13 bits per heavy atom. The highest BCUT2D eigenvalue weighted by Gasteiger charge is 2.23. The largest absolute Gasteiger partial charge is 0.373 e. The molecule has 128 valence electrons. The third-order valence-corrected chi connectivity index (χ3v) is 4.88. The number of anilines is 1. The number of ether oxygens (including phenoxy) is 1. The van der Waals surface area contributed by atoms with Crippen LogP contribution in [0, 0.1) is 6.92 Å². The van der Waals surface area contributed by atoms with Crippen LogP contribution in [0.15, 0.2) is 0 Å². The minimum atomic E-state index is 0.332. The van der Waals surface area contributed by atoms with Crippen molar-refractivity contribution in [2.24, 2.45) is 0 Å². The summed E-state index contributed by atoms with van der Waals surface area (Å²) in [7, 11) is 2.17. The molecule has 23 heavy (non-hydrogen) atoms. The minimum Gasteiger partial charge on any atom is -0.373 e. The van der Waals surface area contributed by atoms with Gasteiger partial charge in [0.2, 0.25) is 0 Å². The molecule has 1 aliphatic heterocycles. The molecular formula is C18H30N4O. The van der Waals surface area contributed by atoms with E-state index in [1.807, 2.05) is 6.92 Å². The van der Waals surface area contributed by atoms with Crippen LogP contribution < -0.4 is 4.90 Å². The summed E-state index contributed by atoms with van der Waals surface area (Å²) >= 11 is 0. The van der Waals surface area contributed by atoms with Gasteiger partial charge in [-0.15, -0.1) is 0 Å². The van der Waals surface area contributed by atoms with Crippen molar-refractivity contribution in [2.75, 3.05) is 38.1 Å². The fourth-order valence-corrected chi connectivity index (χ4v) is 3.87. The van der Waals surface area contributed by atoms with E-state index in [4.69, 9.17) is 9.72 Å². The number of nitrogens with zero attached hydrogens (tertiary/aromatic N) is 4. The number of fused-ring (bicyclic) bond motifs is 1. The zero-order valence-electron chi connectivity index (χ0n) is 15.0. The second kappa shape index (κ2) is 7.14. The molecule has 5 heteroatoms. The molecule has 2 aliphatic rings. The first-order chi connectivity index (χ1) is 11.0. The van der Waals surface area contributed by atoms with Gasteiger partial charge < -0.3 is 9.64 Å². The monoisotopic (exact) mass is 318 g/mol. The van der Waals surface area contributed by atoms with E-state index in [2.05, 4.69) is 35.7 Å². The van der Waals surface area contributed by atoms with Gasteiger partial charge in [0, 0.05) is 44.5 Å². The predicted octanol–water partition coefficient (Wildman–Crippen LogP) is 2.21. The fourth-order valence-electron chi connectivity index (χ4n) is 3.87. The van der Waals surface area contributed by atoms with Crippen LogP contribution in [-0.4, -0.2) is 60.3 Å². The lowest BCUT2D eigenvalue weighted by Crippen LogP contribution is -2.47. The van der Waals surface area contributed by atoms with E-state index in [9.17, 15) is 0 Å². The van der Waals surface area contributed by atoms with Crippen LogP contribution in [-0.2, 0) is 17.6 Å². The SMILES string of the molecule is Cc1nc2c(c(N(C)CCN3C[C@@H](C)O[C@@H](C)C3)n1)CCCC2. The maximum absolute atomic E-state index is 5.82. The van der Waals surface area contributed by atoms with Gasteiger partial charge in [-0.05, 0) is 46.5 Å². The molecule has 0 saturated carbocycles. The zero-order valence-corrected chi connectivity index (χ0v) is 15.0. The first-order valence-electron chi connectivity index (χ1n) is 8.98. The van der Waals surface area contributed by atoms with Crippen molar-refractivity contribution in [3.63, 3.8) is 0 Å². The van der Waals surface area contributed by atoms with Gasteiger partial charge in [0.25, 0.3) is 0 Å². The van der Waals surface area contributed by atoms with Crippen molar-refractivity contribution >= 4 is 5.82 Å². The highest BCUT2D eigenvalue weighted by molar-refractivity contribution is 5.49. The van der Waals surface area contributed by atoms with Crippen LogP contribution in [0.1, 0.15) is 43.8 Å². The lowest BCUT2D eigenvalue weighted by Gasteiger charge is -2.36. The number of hydrogen-bond acceptors (Lipinski definition) is 5. The lowest BCUT2D eigenvalue weighted by molar-refractivity contribution is -0.0670. The first kappa shape index (κ1) is 16.7. The molecular weight excluding hydrogens is 288 g/mol. The van der Waals surface area contributed by atoms with Crippen LogP contribution in [0.25, 0.3) is 0 Å². The van der Waals surface area contributed by atoms with E-state index in [0.29, 0.717) is 12.2 Å². The van der Waals surface area contributed by atoms with Gasteiger partial charge >= 0.3 is 0 Å².